The molecule has 1 fully saturated rings. The summed E-state index contributed by atoms with van der Waals surface area (Å²) in [5, 5.41) is 4.04. The van der Waals surface area contributed by atoms with Gasteiger partial charge in [-0.2, -0.15) is 0 Å². The normalized spacial score (nSPS) is 20.8. The highest BCUT2D eigenvalue weighted by molar-refractivity contribution is 5.92. The smallest absolute Gasteiger partial charge is 0.292 e. The number of amides is 1. The van der Waals surface area contributed by atoms with Crippen LogP contribution in [0, 0.1) is 6.92 Å². The lowest BCUT2D eigenvalue weighted by molar-refractivity contribution is 0.0719. The van der Waals surface area contributed by atoms with E-state index in [1.807, 2.05) is 31.2 Å². The maximum atomic E-state index is 12.6. The second-order valence-corrected chi connectivity index (χ2v) is 6.81. The first-order chi connectivity index (χ1) is 12.0. The molecule has 1 aliphatic rings. The van der Waals surface area contributed by atoms with E-state index in [9.17, 15) is 4.79 Å². The minimum Gasteiger partial charge on any atom is -0.380 e. The Kier molecular flexibility index (Phi) is 5.20. The van der Waals surface area contributed by atoms with E-state index in [2.05, 4.69) is 17.1 Å². The Labute approximate surface area is 148 Å². The van der Waals surface area contributed by atoms with Crippen LogP contribution in [0.15, 0.2) is 34.9 Å². The number of rotatable bonds is 5. The third-order valence-corrected chi connectivity index (χ3v) is 4.88. The summed E-state index contributed by atoms with van der Waals surface area (Å²) in [5.74, 6) is 0.113. The Morgan fingerprint density at radius 2 is 2.12 bits per heavy atom. The molecule has 0 unspecified atom stereocenters. The van der Waals surface area contributed by atoms with E-state index in [0.717, 1.165) is 18.5 Å². The molecule has 25 heavy (non-hydrogen) atoms. The lowest BCUT2D eigenvalue weighted by Crippen LogP contribution is -2.39. The van der Waals surface area contributed by atoms with Crippen LogP contribution in [0.25, 0.3) is 11.3 Å². The number of methoxy groups -OCH3 is 1. The topological polar surface area (TPSA) is 58.8 Å². The Balaban J connectivity index is 1.66. The lowest BCUT2D eigenvalue weighted by atomic mass is 10.1. The summed E-state index contributed by atoms with van der Waals surface area (Å²) < 4.78 is 10.7. The molecule has 134 valence electrons. The molecule has 6 nitrogen and oxygen atoms in total. The van der Waals surface area contributed by atoms with Crippen molar-refractivity contribution in [3.8, 4) is 11.3 Å². The van der Waals surface area contributed by atoms with Gasteiger partial charge in [0.15, 0.2) is 0 Å². The van der Waals surface area contributed by atoms with Gasteiger partial charge < -0.3 is 14.2 Å². The first kappa shape index (κ1) is 17.6. The van der Waals surface area contributed by atoms with Crippen LogP contribution in [0.1, 0.15) is 22.5 Å². The molecule has 0 radical (unpaired) electrons. The summed E-state index contributed by atoms with van der Waals surface area (Å²) in [5.41, 5.74) is 2.79. The maximum absolute atomic E-state index is 12.6. The van der Waals surface area contributed by atoms with Gasteiger partial charge in [0.2, 0.25) is 5.76 Å². The van der Waals surface area contributed by atoms with Crippen LogP contribution in [0.3, 0.4) is 0 Å². The molecule has 1 aromatic carbocycles. The highest BCUT2D eigenvalue weighted by Gasteiger charge is 2.31. The van der Waals surface area contributed by atoms with Crippen molar-refractivity contribution in [2.45, 2.75) is 25.5 Å². The molecule has 0 saturated carbocycles. The van der Waals surface area contributed by atoms with Crippen molar-refractivity contribution in [3.63, 3.8) is 0 Å². The Morgan fingerprint density at radius 3 is 2.76 bits per heavy atom. The number of benzene rings is 1. The van der Waals surface area contributed by atoms with Gasteiger partial charge in [-0.3, -0.25) is 9.69 Å². The second-order valence-electron chi connectivity index (χ2n) is 6.81. The van der Waals surface area contributed by atoms with Crippen LogP contribution in [0.2, 0.25) is 0 Å². The van der Waals surface area contributed by atoms with Crippen LogP contribution in [-0.2, 0) is 4.74 Å². The summed E-state index contributed by atoms with van der Waals surface area (Å²) in [4.78, 5) is 16.6. The maximum Gasteiger partial charge on any atom is 0.292 e. The number of likely N-dealkylation sites (tertiary alicyclic amines) is 1. The van der Waals surface area contributed by atoms with Crippen LogP contribution >= 0.6 is 0 Å². The average Bonchev–Trinajstić information content (AvgIpc) is 3.22. The van der Waals surface area contributed by atoms with Gasteiger partial charge in [0.1, 0.15) is 5.69 Å². The minimum absolute atomic E-state index is 0.153. The van der Waals surface area contributed by atoms with E-state index in [1.54, 1.807) is 25.1 Å². The summed E-state index contributed by atoms with van der Waals surface area (Å²) in [7, 11) is 5.59. The number of nitrogens with zero attached hydrogens (tertiary/aromatic N) is 3. The van der Waals surface area contributed by atoms with Crippen molar-refractivity contribution in [3.05, 3.63) is 41.7 Å². The van der Waals surface area contributed by atoms with Gasteiger partial charge in [0.25, 0.3) is 5.91 Å². The zero-order chi connectivity index (χ0) is 18.0. The van der Waals surface area contributed by atoms with Crippen molar-refractivity contribution < 1.29 is 14.1 Å². The van der Waals surface area contributed by atoms with Gasteiger partial charge in [0, 0.05) is 44.9 Å². The van der Waals surface area contributed by atoms with E-state index in [4.69, 9.17) is 9.26 Å². The largest absolute Gasteiger partial charge is 0.380 e. The van der Waals surface area contributed by atoms with Gasteiger partial charge >= 0.3 is 0 Å². The predicted octanol–water partition coefficient (Wildman–Crippen LogP) is 2.44. The molecule has 2 aromatic rings. The zero-order valence-electron chi connectivity index (χ0n) is 15.2. The van der Waals surface area contributed by atoms with E-state index in [1.165, 1.54) is 5.56 Å². The highest BCUT2D eigenvalue weighted by Crippen LogP contribution is 2.22. The molecule has 2 heterocycles. The molecular weight excluding hydrogens is 318 g/mol. The fraction of sp³-hybridized carbons (Fsp3) is 0.474. The average molecular weight is 343 g/mol. The fourth-order valence-corrected chi connectivity index (χ4v) is 3.24. The molecule has 0 bridgehead atoms. The third-order valence-electron chi connectivity index (χ3n) is 4.88. The van der Waals surface area contributed by atoms with Crippen LogP contribution in [-0.4, -0.2) is 67.3 Å². The number of aryl methyl sites for hydroxylation is 1. The van der Waals surface area contributed by atoms with Crippen molar-refractivity contribution in [1.29, 1.82) is 0 Å². The van der Waals surface area contributed by atoms with Crippen molar-refractivity contribution in [1.82, 2.24) is 15.0 Å². The summed E-state index contributed by atoms with van der Waals surface area (Å²) in [6.07, 6.45) is 1.16. The van der Waals surface area contributed by atoms with Crippen LogP contribution in [0.5, 0.6) is 0 Å². The third kappa shape index (κ3) is 3.91. The van der Waals surface area contributed by atoms with Gasteiger partial charge in [-0.25, -0.2) is 0 Å². The van der Waals surface area contributed by atoms with Gasteiger partial charge in [-0.15, -0.1) is 0 Å². The monoisotopic (exact) mass is 343 g/mol. The van der Waals surface area contributed by atoms with Crippen LogP contribution < -0.4 is 0 Å². The second kappa shape index (κ2) is 7.37. The molecule has 1 saturated heterocycles. The molecule has 1 aliphatic heterocycles. The molecular formula is C19H25N3O3. The summed E-state index contributed by atoms with van der Waals surface area (Å²) >= 11 is 0. The van der Waals surface area contributed by atoms with Crippen molar-refractivity contribution in [2.75, 3.05) is 34.3 Å². The molecule has 0 N–H and O–H groups in total. The molecule has 0 spiro atoms. The number of carbonyl (C=O) groups excluding carboxylic acids is 1. The number of carbonyl (C=O) groups is 1. The Hall–Kier alpha value is -2.18. The molecule has 3 rings (SSSR count). The molecule has 2 atom stereocenters. The fourth-order valence-electron chi connectivity index (χ4n) is 3.24. The first-order valence-corrected chi connectivity index (χ1v) is 8.50. The van der Waals surface area contributed by atoms with Gasteiger partial charge in [-0.05, 0) is 20.4 Å². The van der Waals surface area contributed by atoms with E-state index >= 15 is 0 Å². The highest BCUT2D eigenvalue weighted by atomic mass is 16.5. The number of hydrogen-bond acceptors (Lipinski definition) is 5. The van der Waals surface area contributed by atoms with E-state index < -0.39 is 0 Å². The number of ether oxygens (including phenoxy) is 1. The molecule has 6 heteroatoms. The SMILES string of the molecule is CO[C@H]1C[C@@H](CN(C)C(=O)c2cc(-c3ccc(C)cc3)no2)N(C)C1. The summed E-state index contributed by atoms with van der Waals surface area (Å²) in [6, 6.07) is 9.98. The first-order valence-electron chi connectivity index (χ1n) is 8.50. The summed E-state index contributed by atoms with van der Waals surface area (Å²) in [6.45, 7) is 3.56. The predicted molar refractivity (Wildman–Crippen MR) is 95.5 cm³/mol. The lowest BCUT2D eigenvalue weighted by Gasteiger charge is -2.24. The zero-order valence-corrected chi connectivity index (χ0v) is 15.2. The number of likely N-dealkylation sites (N-methyl/N-ethyl adjacent to an activating group) is 2. The van der Waals surface area contributed by atoms with Crippen LogP contribution in [0.4, 0.5) is 0 Å². The molecule has 0 aliphatic carbocycles. The van der Waals surface area contributed by atoms with Gasteiger partial charge in [-0.1, -0.05) is 35.0 Å². The Bertz CT molecular complexity index is 726. The molecule has 1 aromatic heterocycles. The minimum atomic E-state index is -0.153. The molecule has 1 amide bonds. The standard InChI is InChI=1S/C19H25N3O3/c1-13-5-7-14(8-6-13)17-10-18(25-20-17)19(23)22(3)11-15-9-16(24-4)12-21(15)2/h5-8,10,15-16H,9,11-12H2,1-4H3/t15-,16-/m0/s1. The Morgan fingerprint density at radius 1 is 1.40 bits per heavy atom. The van der Waals surface area contributed by atoms with Crippen molar-refractivity contribution in [2.24, 2.45) is 0 Å². The van der Waals surface area contributed by atoms with Crippen molar-refractivity contribution >= 4 is 5.91 Å². The number of aromatic nitrogens is 1. The van der Waals surface area contributed by atoms with E-state index in [0.29, 0.717) is 18.3 Å². The quantitative estimate of drug-likeness (QED) is 0.834. The van der Waals surface area contributed by atoms with Gasteiger partial charge in [0.05, 0.1) is 6.10 Å². The van der Waals surface area contributed by atoms with E-state index in [-0.39, 0.29) is 17.8 Å². The number of hydrogen-bond donors (Lipinski definition) is 0.